The van der Waals surface area contributed by atoms with Gasteiger partial charge in [-0.15, -0.1) is 0 Å². The van der Waals surface area contributed by atoms with E-state index >= 15 is 0 Å². The average molecular weight is 300 g/mol. The van der Waals surface area contributed by atoms with Gasteiger partial charge in [-0.05, 0) is 24.6 Å². The van der Waals surface area contributed by atoms with Crippen molar-refractivity contribution in [3.8, 4) is 17.2 Å². The summed E-state index contributed by atoms with van der Waals surface area (Å²) >= 11 is 0. The lowest BCUT2D eigenvalue weighted by Gasteiger charge is -2.23. The Bertz CT molecular complexity index is 835. The van der Waals surface area contributed by atoms with Crippen LogP contribution in [0.3, 0.4) is 0 Å². The molecule has 0 saturated heterocycles. The van der Waals surface area contributed by atoms with Gasteiger partial charge in [-0.25, -0.2) is 4.79 Å². The molecule has 0 N–H and O–H groups in total. The molecule has 3 heterocycles. The molecule has 4 rings (SSSR count). The molecule has 6 heteroatoms. The van der Waals surface area contributed by atoms with Crippen molar-refractivity contribution >= 4 is 5.97 Å². The van der Waals surface area contributed by atoms with Crippen LogP contribution in [0, 0.1) is 6.92 Å². The molecule has 1 atom stereocenters. The first-order valence-electron chi connectivity index (χ1n) is 6.86. The fourth-order valence-electron chi connectivity index (χ4n) is 2.84. The number of fused-ring (bicyclic) bond motifs is 2. The summed E-state index contributed by atoms with van der Waals surface area (Å²) < 4.78 is 21.0. The van der Waals surface area contributed by atoms with Gasteiger partial charge in [-0.2, -0.15) is 0 Å². The first-order chi connectivity index (χ1) is 10.6. The van der Waals surface area contributed by atoms with Gasteiger partial charge in [0, 0.05) is 12.0 Å². The van der Waals surface area contributed by atoms with E-state index in [0.29, 0.717) is 22.8 Å². The summed E-state index contributed by atoms with van der Waals surface area (Å²) in [6.45, 7) is 1.81. The number of ether oxygens (including phenoxy) is 3. The van der Waals surface area contributed by atoms with E-state index in [4.69, 9.17) is 18.6 Å². The van der Waals surface area contributed by atoms with Crippen LogP contribution < -0.4 is 19.8 Å². The van der Waals surface area contributed by atoms with Gasteiger partial charge in [0.15, 0.2) is 11.5 Å². The van der Waals surface area contributed by atoms with Crippen LogP contribution in [0.25, 0.3) is 0 Å². The van der Waals surface area contributed by atoms with Crippen LogP contribution in [0.15, 0.2) is 33.5 Å². The highest BCUT2D eigenvalue weighted by Crippen LogP contribution is 2.41. The number of aryl methyl sites for hydroxylation is 1. The van der Waals surface area contributed by atoms with Crippen LogP contribution in [0.4, 0.5) is 0 Å². The van der Waals surface area contributed by atoms with Gasteiger partial charge in [0.05, 0.1) is 12.0 Å². The van der Waals surface area contributed by atoms with E-state index in [9.17, 15) is 9.59 Å². The van der Waals surface area contributed by atoms with Crippen molar-refractivity contribution in [3.63, 3.8) is 0 Å². The highest BCUT2D eigenvalue weighted by atomic mass is 16.7. The van der Waals surface area contributed by atoms with E-state index in [1.165, 1.54) is 0 Å². The third-order valence-corrected chi connectivity index (χ3v) is 3.82. The second-order valence-electron chi connectivity index (χ2n) is 5.27. The number of rotatable bonds is 1. The standard InChI is InChI=1S/C16H12O6/c1-8-4-13-15(16(18)21-8)10(6-14(17)22-13)9-2-3-11-12(5-9)20-7-19-11/h2-5,10H,6-7H2,1H3. The van der Waals surface area contributed by atoms with Gasteiger partial charge in [-0.1, -0.05) is 6.07 Å². The zero-order valence-corrected chi connectivity index (χ0v) is 11.8. The summed E-state index contributed by atoms with van der Waals surface area (Å²) in [6.07, 6.45) is 0.0838. The molecule has 6 nitrogen and oxygen atoms in total. The van der Waals surface area contributed by atoms with Crippen molar-refractivity contribution in [2.75, 3.05) is 6.79 Å². The smallest absolute Gasteiger partial charge is 0.343 e. The maximum atomic E-state index is 12.2. The van der Waals surface area contributed by atoms with Gasteiger partial charge >= 0.3 is 11.6 Å². The Morgan fingerprint density at radius 1 is 1.05 bits per heavy atom. The lowest BCUT2D eigenvalue weighted by Crippen LogP contribution is -2.26. The molecule has 1 aromatic heterocycles. The molecule has 0 amide bonds. The van der Waals surface area contributed by atoms with E-state index in [1.54, 1.807) is 25.1 Å². The van der Waals surface area contributed by atoms with Crippen LogP contribution in [-0.2, 0) is 4.79 Å². The highest BCUT2D eigenvalue weighted by Gasteiger charge is 2.33. The van der Waals surface area contributed by atoms with Crippen LogP contribution in [0.1, 0.15) is 29.2 Å². The van der Waals surface area contributed by atoms with Gasteiger partial charge in [0.25, 0.3) is 0 Å². The first-order valence-corrected chi connectivity index (χ1v) is 6.86. The van der Waals surface area contributed by atoms with Crippen LogP contribution in [0.2, 0.25) is 0 Å². The SMILES string of the molecule is Cc1cc2c(c(=O)o1)C(c1ccc3c(c1)OCO3)CC(=O)O2. The Kier molecular flexibility index (Phi) is 2.72. The molecule has 0 spiro atoms. The summed E-state index contributed by atoms with van der Waals surface area (Å²) in [5.41, 5.74) is 0.674. The zero-order valence-electron chi connectivity index (χ0n) is 11.8. The Morgan fingerprint density at radius 2 is 1.86 bits per heavy atom. The highest BCUT2D eigenvalue weighted by molar-refractivity contribution is 5.77. The molecule has 2 aliphatic rings. The molecule has 1 aromatic carbocycles. The molecule has 112 valence electrons. The maximum Gasteiger partial charge on any atom is 0.343 e. The number of hydrogen-bond donors (Lipinski definition) is 0. The zero-order chi connectivity index (χ0) is 15.3. The van der Waals surface area contributed by atoms with Crippen molar-refractivity contribution in [2.45, 2.75) is 19.3 Å². The van der Waals surface area contributed by atoms with Gasteiger partial charge in [-0.3, -0.25) is 4.79 Å². The molecule has 0 radical (unpaired) electrons. The molecule has 2 aromatic rings. The lowest BCUT2D eigenvalue weighted by atomic mass is 9.87. The molecule has 0 saturated carbocycles. The van der Waals surface area contributed by atoms with Gasteiger partial charge < -0.3 is 18.6 Å². The summed E-state index contributed by atoms with van der Waals surface area (Å²) in [5, 5.41) is 0. The second kappa shape index (κ2) is 4.62. The van der Waals surface area contributed by atoms with E-state index in [1.807, 2.05) is 6.07 Å². The Labute approximate surface area is 125 Å². The number of carbonyl (C=O) groups excluding carboxylic acids is 1. The first kappa shape index (κ1) is 12.9. The van der Waals surface area contributed by atoms with E-state index in [2.05, 4.69) is 0 Å². The van der Waals surface area contributed by atoms with Crippen LogP contribution in [0.5, 0.6) is 17.2 Å². The molecule has 1 unspecified atom stereocenters. The Hall–Kier alpha value is -2.76. The minimum atomic E-state index is -0.481. The Balaban J connectivity index is 1.87. The fraction of sp³-hybridized carbons (Fsp3) is 0.250. The number of carbonyl (C=O) groups is 1. The maximum absolute atomic E-state index is 12.2. The fourth-order valence-corrected chi connectivity index (χ4v) is 2.84. The van der Waals surface area contributed by atoms with Gasteiger partial charge in [0.2, 0.25) is 6.79 Å². The third-order valence-electron chi connectivity index (χ3n) is 3.82. The third kappa shape index (κ3) is 1.95. The quantitative estimate of drug-likeness (QED) is 0.751. The molecule has 0 aliphatic carbocycles. The van der Waals surface area contributed by atoms with Crippen molar-refractivity contribution in [1.29, 1.82) is 0 Å². The van der Waals surface area contributed by atoms with Crippen molar-refractivity contribution in [3.05, 3.63) is 51.6 Å². The summed E-state index contributed by atoms with van der Waals surface area (Å²) in [4.78, 5) is 24.0. The molecular weight excluding hydrogens is 288 g/mol. The van der Waals surface area contributed by atoms with Crippen molar-refractivity contribution in [1.82, 2.24) is 0 Å². The van der Waals surface area contributed by atoms with E-state index in [-0.39, 0.29) is 24.9 Å². The summed E-state index contributed by atoms with van der Waals surface area (Å²) in [7, 11) is 0. The predicted octanol–water partition coefficient (Wildman–Crippen LogP) is 2.12. The van der Waals surface area contributed by atoms with Crippen molar-refractivity contribution in [2.24, 2.45) is 0 Å². The topological polar surface area (TPSA) is 75.0 Å². The molecule has 22 heavy (non-hydrogen) atoms. The minimum Gasteiger partial charge on any atom is -0.454 e. The summed E-state index contributed by atoms with van der Waals surface area (Å²) in [6, 6.07) is 6.94. The molecule has 2 aliphatic heterocycles. The minimum absolute atomic E-state index is 0.0838. The average Bonchev–Trinajstić information content (AvgIpc) is 2.92. The summed E-state index contributed by atoms with van der Waals surface area (Å²) in [5.74, 6) is 1.14. The van der Waals surface area contributed by atoms with Crippen LogP contribution in [-0.4, -0.2) is 12.8 Å². The number of esters is 1. The monoisotopic (exact) mass is 300 g/mol. The normalized spacial score (nSPS) is 18.8. The van der Waals surface area contributed by atoms with E-state index < -0.39 is 11.5 Å². The molecule has 0 fully saturated rings. The molecular formula is C16H12O6. The number of benzene rings is 1. The largest absolute Gasteiger partial charge is 0.454 e. The predicted molar refractivity (Wildman–Crippen MR) is 74.4 cm³/mol. The lowest BCUT2D eigenvalue weighted by molar-refractivity contribution is -0.135. The van der Waals surface area contributed by atoms with Crippen LogP contribution >= 0.6 is 0 Å². The Morgan fingerprint density at radius 3 is 2.73 bits per heavy atom. The van der Waals surface area contributed by atoms with E-state index in [0.717, 1.165) is 5.56 Å². The van der Waals surface area contributed by atoms with Gasteiger partial charge in [0.1, 0.15) is 11.5 Å². The van der Waals surface area contributed by atoms with Crippen molar-refractivity contribution < 1.29 is 23.4 Å². The molecule has 0 bridgehead atoms. The number of hydrogen-bond acceptors (Lipinski definition) is 6. The second-order valence-corrected chi connectivity index (χ2v) is 5.27.